The number of amides is 1. The summed E-state index contributed by atoms with van der Waals surface area (Å²) in [6, 6.07) is 7.32. The van der Waals surface area contributed by atoms with E-state index in [1.54, 1.807) is 11.0 Å². The Hall–Kier alpha value is -2.29. The number of rotatable bonds is 4. The molecule has 1 aliphatic rings. The standard InChI is InChI=1S/C19H30N4O4S/c1-19(2,3)27-18(24)23-11-9-22(10-12-23)17(20)21-13-15-7-5-6-8-16(15)14-28(4,25)26/h5-8H,9-14H2,1-4H3,(H2,20,21). The van der Waals surface area contributed by atoms with E-state index in [4.69, 9.17) is 10.5 Å². The number of piperazine rings is 1. The number of hydrogen-bond donors (Lipinski definition) is 1. The van der Waals surface area contributed by atoms with Crippen molar-refractivity contribution in [3.63, 3.8) is 0 Å². The van der Waals surface area contributed by atoms with Gasteiger partial charge < -0.3 is 20.3 Å². The van der Waals surface area contributed by atoms with Crippen LogP contribution in [-0.2, 0) is 26.9 Å². The van der Waals surface area contributed by atoms with E-state index >= 15 is 0 Å². The molecule has 1 aromatic carbocycles. The van der Waals surface area contributed by atoms with E-state index in [0.717, 1.165) is 11.1 Å². The van der Waals surface area contributed by atoms with Gasteiger partial charge in [0, 0.05) is 32.4 Å². The van der Waals surface area contributed by atoms with Crippen molar-refractivity contribution in [1.82, 2.24) is 9.80 Å². The predicted octanol–water partition coefficient (Wildman–Crippen LogP) is 1.60. The van der Waals surface area contributed by atoms with Crippen LogP contribution in [0.5, 0.6) is 0 Å². The molecule has 9 heteroatoms. The second-order valence-corrected chi connectivity index (χ2v) is 10.1. The number of hydrogen-bond acceptors (Lipinski definition) is 5. The molecule has 1 aromatic rings. The number of ether oxygens (including phenoxy) is 1. The van der Waals surface area contributed by atoms with E-state index in [9.17, 15) is 13.2 Å². The number of nitrogens with two attached hydrogens (primary N) is 1. The first-order valence-corrected chi connectivity index (χ1v) is 11.3. The lowest BCUT2D eigenvalue weighted by Gasteiger charge is -2.36. The van der Waals surface area contributed by atoms with Gasteiger partial charge in [-0.2, -0.15) is 0 Å². The van der Waals surface area contributed by atoms with Gasteiger partial charge in [0.05, 0.1) is 12.3 Å². The van der Waals surface area contributed by atoms with E-state index in [1.807, 2.05) is 43.9 Å². The molecule has 0 aromatic heterocycles. The summed E-state index contributed by atoms with van der Waals surface area (Å²) in [5.41, 5.74) is 7.17. The molecule has 8 nitrogen and oxygen atoms in total. The molecule has 1 fully saturated rings. The van der Waals surface area contributed by atoms with Crippen LogP contribution < -0.4 is 5.73 Å². The van der Waals surface area contributed by atoms with E-state index in [2.05, 4.69) is 4.99 Å². The van der Waals surface area contributed by atoms with E-state index in [-0.39, 0.29) is 11.8 Å². The van der Waals surface area contributed by atoms with Crippen LogP contribution in [0.1, 0.15) is 31.9 Å². The van der Waals surface area contributed by atoms with E-state index in [0.29, 0.717) is 38.7 Å². The average Bonchev–Trinajstić information content (AvgIpc) is 2.58. The summed E-state index contributed by atoms with van der Waals surface area (Å²) in [7, 11) is -3.13. The highest BCUT2D eigenvalue weighted by atomic mass is 32.2. The Balaban J connectivity index is 1.95. The normalized spacial score (nSPS) is 16.2. The van der Waals surface area contributed by atoms with Crippen LogP contribution >= 0.6 is 0 Å². The largest absolute Gasteiger partial charge is 0.444 e. The number of carbonyl (C=O) groups is 1. The van der Waals surface area contributed by atoms with Crippen molar-refractivity contribution in [1.29, 1.82) is 0 Å². The molecule has 0 radical (unpaired) electrons. The summed E-state index contributed by atoms with van der Waals surface area (Å²) in [6.45, 7) is 7.99. The first-order chi connectivity index (χ1) is 12.9. The van der Waals surface area contributed by atoms with E-state index < -0.39 is 15.4 Å². The lowest BCUT2D eigenvalue weighted by atomic mass is 10.1. The van der Waals surface area contributed by atoms with Gasteiger partial charge >= 0.3 is 6.09 Å². The number of benzene rings is 1. The van der Waals surface area contributed by atoms with Gasteiger partial charge in [-0.05, 0) is 31.9 Å². The summed E-state index contributed by atoms with van der Waals surface area (Å²) < 4.78 is 28.6. The predicted molar refractivity (Wildman–Crippen MR) is 110 cm³/mol. The molecule has 2 N–H and O–H groups in total. The lowest BCUT2D eigenvalue weighted by Crippen LogP contribution is -2.53. The van der Waals surface area contributed by atoms with Crippen LogP contribution in [-0.4, -0.2) is 68.3 Å². The molecule has 0 aliphatic carbocycles. The van der Waals surface area contributed by atoms with Crippen molar-refractivity contribution >= 4 is 21.9 Å². The van der Waals surface area contributed by atoms with Gasteiger partial charge in [0.15, 0.2) is 15.8 Å². The summed E-state index contributed by atoms with van der Waals surface area (Å²) in [4.78, 5) is 20.1. The van der Waals surface area contributed by atoms with Crippen LogP contribution in [0.2, 0.25) is 0 Å². The van der Waals surface area contributed by atoms with Gasteiger partial charge in [-0.1, -0.05) is 24.3 Å². The summed E-state index contributed by atoms with van der Waals surface area (Å²) >= 11 is 0. The molecule has 0 saturated carbocycles. The number of sulfone groups is 1. The topological polar surface area (TPSA) is 105 Å². The molecule has 0 bridgehead atoms. The smallest absolute Gasteiger partial charge is 0.410 e. The minimum atomic E-state index is -3.13. The third-order valence-corrected chi connectivity index (χ3v) is 5.04. The lowest BCUT2D eigenvalue weighted by molar-refractivity contribution is 0.0186. The van der Waals surface area contributed by atoms with Crippen LogP contribution in [0.25, 0.3) is 0 Å². The fourth-order valence-corrected chi connectivity index (χ4v) is 3.69. The second-order valence-electron chi connectivity index (χ2n) is 7.97. The van der Waals surface area contributed by atoms with Crippen LogP contribution in [0.3, 0.4) is 0 Å². The molecule has 1 saturated heterocycles. The van der Waals surface area contributed by atoms with Crippen molar-refractivity contribution in [3.05, 3.63) is 35.4 Å². The molecule has 2 rings (SSSR count). The van der Waals surface area contributed by atoms with Crippen LogP contribution in [0, 0.1) is 0 Å². The molecule has 156 valence electrons. The molecule has 28 heavy (non-hydrogen) atoms. The number of nitrogens with zero attached hydrogens (tertiary/aromatic N) is 3. The van der Waals surface area contributed by atoms with Gasteiger partial charge in [0.2, 0.25) is 0 Å². The zero-order valence-electron chi connectivity index (χ0n) is 17.0. The SMILES string of the molecule is CC(C)(C)OC(=O)N1CCN(C(N)=NCc2ccccc2CS(C)(=O)=O)CC1. The Morgan fingerprint density at radius 3 is 2.18 bits per heavy atom. The van der Waals surface area contributed by atoms with Gasteiger partial charge in [0.1, 0.15) is 5.60 Å². The molecular weight excluding hydrogens is 380 g/mol. The first kappa shape index (κ1) is 22.0. The van der Waals surface area contributed by atoms with Crippen LogP contribution in [0.4, 0.5) is 4.79 Å². The molecule has 1 amide bonds. The highest BCUT2D eigenvalue weighted by molar-refractivity contribution is 7.89. The third-order valence-electron chi connectivity index (χ3n) is 4.20. The van der Waals surface area contributed by atoms with Crippen molar-refractivity contribution < 1.29 is 17.9 Å². The summed E-state index contributed by atoms with van der Waals surface area (Å²) in [5.74, 6) is 0.366. The van der Waals surface area contributed by atoms with Gasteiger partial charge in [-0.25, -0.2) is 18.2 Å². The minimum Gasteiger partial charge on any atom is -0.444 e. The molecule has 0 atom stereocenters. The first-order valence-electron chi connectivity index (χ1n) is 9.22. The monoisotopic (exact) mass is 410 g/mol. The molecule has 1 heterocycles. The highest BCUT2D eigenvalue weighted by Crippen LogP contribution is 2.14. The van der Waals surface area contributed by atoms with Gasteiger partial charge in [0.25, 0.3) is 0 Å². The average molecular weight is 411 g/mol. The van der Waals surface area contributed by atoms with Crippen molar-refractivity contribution in [3.8, 4) is 0 Å². The Morgan fingerprint density at radius 2 is 1.64 bits per heavy atom. The van der Waals surface area contributed by atoms with Gasteiger partial charge in [-0.15, -0.1) is 0 Å². The fourth-order valence-electron chi connectivity index (χ4n) is 2.85. The molecule has 1 aliphatic heterocycles. The molecular formula is C19H30N4O4S. The fraction of sp³-hybridized carbons (Fsp3) is 0.579. The van der Waals surface area contributed by atoms with Crippen molar-refractivity contribution in [2.45, 2.75) is 38.7 Å². The zero-order valence-corrected chi connectivity index (χ0v) is 17.8. The van der Waals surface area contributed by atoms with Crippen molar-refractivity contribution in [2.75, 3.05) is 32.4 Å². The van der Waals surface area contributed by atoms with Gasteiger partial charge in [-0.3, -0.25) is 0 Å². The minimum absolute atomic E-state index is 0.0207. The maximum atomic E-state index is 12.1. The summed E-state index contributed by atoms with van der Waals surface area (Å²) in [6.07, 6.45) is 0.892. The third kappa shape index (κ3) is 7.03. The Labute approximate surface area is 167 Å². The number of carbonyl (C=O) groups excluding carboxylic acids is 1. The zero-order chi connectivity index (χ0) is 20.9. The highest BCUT2D eigenvalue weighted by Gasteiger charge is 2.26. The molecule has 0 spiro atoms. The summed E-state index contributed by atoms with van der Waals surface area (Å²) in [5, 5.41) is 0. The second kappa shape index (κ2) is 8.81. The van der Waals surface area contributed by atoms with Crippen molar-refractivity contribution in [2.24, 2.45) is 10.7 Å². The van der Waals surface area contributed by atoms with Crippen LogP contribution in [0.15, 0.2) is 29.3 Å². The maximum Gasteiger partial charge on any atom is 0.410 e. The maximum absolute atomic E-state index is 12.1. The quantitative estimate of drug-likeness (QED) is 0.597. The Bertz CT molecular complexity index is 823. The Kier molecular flexibility index (Phi) is 6.92. The number of aliphatic imine (C=N–C) groups is 1. The molecule has 0 unspecified atom stereocenters. The van der Waals surface area contributed by atoms with E-state index in [1.165, 1.54) is 6.26 Å². The number of guanidine groups is 1. The Morgan fingerprint density at radius 1 is 1.11 bits per heavy atom.